The fourth-order valence-corrected chi connectivity index (χ4v) is 4.29. The van der Waals surface area contributed by atoms with Crippen molar-refractivity contribution in [1.82, 2.24) is 4.90 Å². The minimum absolute atomic E-state index is 0.0779. The number of carbonyl (C=O) groups excluding carboxylic acids is 1. The van der Waals surface area contributed by atoms with Crippen LogP contribution < -0.4 is 4.90 Å². The number of para-hydroxylation sites is 1. The molecule has 0 spiro atoms. The van der Waals surface area contributed by atoms with E-state index in [-0.39, 0.29) is 24.2 Å². The van der Waals surface area contributed by atoms with Gasteiger partial charge in [-0.25, -0.2) is 4.79 Å². The molecule has 0 bridgehead atoms. The monoisotopic (exact) mass is 338 g/mol. The Morgan fingerprint density at radius 3 is 3.00 bits per heavy atom. The lowest BCUT2D eigenvalue weighted by Gasteiger charge is -2.46. The van der Waals surface area contributed by atoms with Crippen LogP contribution in [0.5, 0.6) is 0 Å². The highest BCUT2D eigenvalue weighted by atomic mass is 35.5. The topological polar surface area (TPSA) is 53.0 Å². The number of β-amino-alcohol motifs (C(OH)–C–C–N with tert-alkyl or cyclic N) is 1. The van der Waals surface area contributed by atoms with E-state index in [2.05, 4.69) is 17.9 Å². The second-order valence-corrected chi connectivity index (χ2v) is 6.76. The quantitative estimate of drug-likeness (QED) is 0.920. The van der Waals surface area contributed by atoms with E-state index in [1.165, 1.54) is 0 Å². The number of piperidine rings is 1. The molecule has 0 saturated carbocycles. The molecule has 2 atom stereocenters. The summed E-state index contributed by atoms with van der Waals surface area (Å²) >= 11 is 6.45. The number of benzene rings is 1. The first-order chi connectivity index (χ1) is 11.0. The molecule has 126 valence electrons. The second kappa shape index (κ2) is 6.21. The molecule has 6 heteroatoms. The van der Waals surface area contributed by atoms with Gasteiger partial charge in [0.25, 0.3) is 0 Å². The zero-order valence-corrected chi connectivity index (χ0v) is 14.3. The molecule has 0 radical (unpaired) electrons. The van der Waals surface area contributed by atoms with E-state index in [9.17, 15) is 9.90 Å². The van der Waals surface area contributed by atoms with Crippen LogP contribution in [0.4, 0.5) is 10.5 Å². The third-order valence-corrected chi connectivity index (χ3v) is 5.48. The van der Waals surface area contributed by atoms with Crippen molar-refractivity contribution < 1.29 is 14.6 Å². The first-order valence-corrected chi connectivity index (χ1v) is 8.49. The van der Waals surface area contributed by atoms with Crippen LogP contribution in [0.3, 0.4) is 0 Å². The SMILES string of the molecule is CCOC(=O)N1CC[C@@]2(C)C(C1)c1cccc(Cl)c1N2CCO. The maximum Gasteiger partial charge on any atom is 0.409 e. The first kappa shape index (κ1) is 16.4. The Kier molecular flexibility index (Phi) is 4.43. The predicted octanol–water partition coefficient (Wildman–Crippen LogP) is 2.86. The van der Waals surface area contributed by atoms with Crippen molar-refractivity contribution in [1.29, 1.82) is 0 Å². The van der Waals surface area contributed by atoms with Gasteiger partial charge >= 0.3 is 6.09 Å². The minimum atomic E-state index is -0.251. The van der Waals surface area contributed by atoms with Crippen LogP contribution in [-0.2, 0) is 4.74 Å². The van der Waals surface area contributed by atoms with E-state index >= 15 is 0 Å². The molecule has 1 N–H and O–H groups in total. The van der Waals surface area contributed by atoms with Gasteiger partial charge in [0.2, 0.25) is 0 Å². The summed E-state index contributed by atoms with van der Waals surface area (Å²) in [6.07, 6.45) is 0.570. The average molecular weight is 339 g/mol. The van der Waals surface area contributed by atoms with Crippen molar-refractivity contribution >= 4 is 23.4 Å². The fourth-order valence-electron chi connectivity index (χ4n) is 4.00. The van der Waals surface area contributed by atoms with Gasteiger partial charge in [-0.3, -0.25) is 0 Å². The van der Waals surface area contributed by atoms with E-state index in [1.807, 2.05) is 19.1 Å². The predicted molar refractivity (Wildman–Crippen MR) is 90.2 cm³/mol. The van der Waals surface area contributed by atoms with Gasteiger partial charge in [0, 0.05) is 31.1 Å². The normalized spacial score (nSPS) is 26.0. The molecule has 0 aromatic heterocycles. The van der Waals surface area contributed by atoms with E-state index in [0.717, 1.165) is 17.7 Å². The molecule has 3 rings (SSSR count). The number of amides is 1. The Morgan fingerprint density at radius 1 is 1.52 bits per heavy atom. The molecule has 5 nitrogen and oxygen atoms in total. The molecule has 23 heavy (non-hydrogen) atoms. The first-order valence-electron chi connectivity index (χ1n) is 8.11. The number of halogens is 1. The number of aliphatic hydroxyl groups is 1. The fraction of sp³-hybridized carbons (Fsp3) is 0.588. The van der Waals surface area contributed by atoms with Gasteiger partial charge in [0.05, 0.1) is 23.9 Å². The van der Waals surface area contributed by atoms with Crippen LogP contribution in [-0.4, -0.2) is 54.5 Å². The molecule has 2 aliphatic heterocycles. The summed E-state index contributed by atoms with van der Waals surface area (Å²) in [5.41, 5.74) is 2.02. The van der Waals surface area contributed by atoms with Gasteiger partial charge in [-0.15, -0.1) is 0 Å². The zero-order chi connectivity index (χ0) is 16.6. The van der Waals surface area contributed by atoms with Gasteiger partial charge < -0.3 is 19.6 Å². The van der Waals surface area contributed by atoms with E-state index in [4.69, 9.17) is 16.3 Å². The number of ether oxygens (including phenoxy) is 1. The smallest absolute Gasteiger partial charge is 0.409 e. The Balaban J connectivity index is 1.97. The Morgan fingerprint density at radius 2 is 2.30 bits per heavy atom. The number of carbonyl (C=O) groups is 1. The molecular formula is C17H23ClN2O3. The number of anilines is 1. The highest BCUT2D eigenvalue weighted by molar-refractivity contribution is 6.33. The Labute approximate surface area is 141 Å². The van der Waals surface area contributed by atoms with Crippen LogP contribution in [0.25, 0.3) is 0 Å². The van der Waals surface area contributed by atoms with Crippen molar-refractivity contribution in [3.05, 3.63) is 28.8 Å². The summed E-state index contributed by atoms with van der Waals surface area (Å²) in [5.74, 6) is 0.168. The maximum absolute atomic E-state index is 12.1. The summed E-state index contributed by atoms with van der Waals surface area (Å²) in [6.45, 7) is 6.30. The maximum atomic E-state index is 12.1. The van der Waals surface area contributed by atoms with Crippen LogP contribution >= 0.6 is 11.6 Å². The average Bonchev–Trinajstić information content (AvgIpc) is 2.78. The standard InChI is InChI=1S/C17H23ClN2O3/c1-3-23-16(22)19-8-7-17(2)13(11-19)12-5-4-6-14(18)15(12)20(17)9-10-21/h4-6,13,21H,3,7-11H2,1-2H3/t13?,17-/m0/s1. The van der Waals surface area contributed by atoms with Crippen LogP contribution in [0, 0.1) is 0 Å². The number of hydrogen-bond donors (Lipinski definition) is 1. The summed E-state index contributed by atoms with van der Waals surface area (Å²) in [6, 6.07) is 5.91. The third-order valence-electron chi connectivity index (χ3n) is 5.17. The lowest BCUT2D eigenvalue weighted by atomic mass is 9.78. The van der Waals surface area contributed by atoms with Crippen LogP contribution in [0.1, 0.15) is 31.7 Å². The van der Waals surface area contributed by atoms with Gasteiger partial charge in [-0.1, -0.05) is 23.7 Å². The van der Waals surface area contributed by atoms with Gasteiger partial charge in [-0.2, -0.15) is 0 Å². The number of hydrogen-bond acceptors (Lipinski definition) is 4. The Hall–Kier alpha value is -1.46. The molecule has 1 unspecified atom stereocenters. The third kappa shape index (κ3) is 2.56. The molecule has 1 aromatic carbocycles. The highest BCUT2D eigenvalue weighted by Gasteiger charge is 2.52. The summed E-state index contributed by atoms with van der Waals surface area (Å²) in [7, 11) is 0. The second-order valence-electron chi connectivity index (χ2n) is 6.36. The van der Waals surface area contributed by atoms with Gasteiger partial charge in [0.15, 0.2) is 0 Å². The lowest BCUT2D eigenvalue weighted by Crippen LogP contribution is -2.56. The van der Waals surface area contributed by atoms with Crippen molar-refractivity contribution in [3.63, 3.8) is 0 Å². The van der Waals surface area contributed by atoms with Crippen molar-refractivity contribution in [3.8, 4) is 0 Å². The zero-order valence-electron chi connectivity index (χ0n) is 13.6. The number of rotatable bonds is 3. The van der Waals surface area contributed by atoms with Crippen molar-refractivity contribution in [2.75, 3.05) is 37.7 Å². The van der Waals surface area contributed by atoms with E-state index < -0.39 is 0 Å². The molecule has 1 saturated heterocycles. The summed E-state index contributed by atoms with van der Waals surface area (Å²) < 4.78 is 5.16. The van der Waals surface area contributed by atoms with Crippen molar-refractivity contribution in [2.45, 2.75) is 31.7 Å². The molecule has 1 aromatic rings. The number of fused-ring (bicyclic) bond motifs is 3. The number of aliphatic hydroxyl groups excluding tert-OH is 1. The van der Waals surface area contributed by atoms with Crippen LogP contribution in [0.15, 0.2) is 18.2 Å². The highest BCUT2D eigenvalue weighted by Crippen LogP contribution is 2.53. The van der Waals surface area contributed by atoms with E-state index in [1.54, 1.807) is 4.90 Å². The number of nitrogens with zero attached hydrogens (tertiary/aromatic N) is 2. The molecule has 2 heterocycles. The molecule has 1 amide bonds. The van der Waals surface area contributed by atoms with Crippen LogP contribution in [0.2, 0.25) is 5.02 Å². The minimum Gasteiger partial charge on any atom is -0.450 e. The summed E-state index contributed by atoms with van der Waals surface area (Å²) in [5, 5.41) is 10.2. The van der Waals surface area contributed by atoms with E-state index in [0.29, 0.717) is 31.3 Å². The molecule has 2 aliphatic rings. The lowest BCUT2D eigenvalue weighted by molar-refractivity contribution is 0.0823. The molecular weight excluding hydrogens is 316 g/mol. The molecule has 0 aliphatic carbocycles. The largest absolute Gasteiger partial charge is 0.450 e. The van der Waals surface area contributed by atoms with Gasteiger partial charge in [0.1, 0.15) is 0 Å². The Bertz CT molecular complexity index is 610. The molecule has 1 fully saturated rings. The van der Waals surface area contributed by atoms with Crippen molar-refractivity contribution in [2.24, 2.45) is 0 Å². The number of likely N-dealkylation sites (tertiary alicyclic amines) is 1. The van der Waals surface area contributed by atoms with Gasteiger partial charge in [-0.05, 0) is 31.9 Å². The summed E-state index contributed by atoms with van der Waals surface area (Å²) in [4.78, 5) is 16.1.